The normalized spacial score (nSPS) is 18.0. The van der Waals surface area contributed by atoms with Crippen molar-refractivity contribution in [3.8, 4) is 5.75 Å². The zero-order chi connectivity index (χ0) is 19.3. The molecule has 1 aliphatic heterocycles. The lowest BCUT2D eigenvalue weighted by Gasteiger charge is -2.30. The van der Waals surface area contributed by atoms with Crippen LogP contribution < -0.4 is 10.1 Å². The van der Waals surface area contributed by atoms with Gasteiger partial charge < -0.3 is 15.0 Å². The van der Waals surface area contributed by atoms with Crippen LogP contribution in [-0.2, 0) is 6.54 Å². The number of carbonyl (C=O) groups excluding carboxylic acids is 1. The number of methoxy groups -OCH3 is 1. The number of rotatable bonds is 8. The summed E-state index contributed by atoms with van der Waals surface area (Å²) < 4.78 is 5.42. The number of nitrogens with zero attached hydrogens (tertiary/aromatic N) is 2. The van der Waals surface area contributed by atoms with Crippen LogP contribution in [0.3, 0.4) is 0 Å². The molecule has 2 heterocycles. The fourth-order valence-electron chi connectivity index (χ4n) is 3.98. The number of likely N-dealkylation sites (tertiary alicyclic amines) is 1. The second-order valence-electron chi connectivity index (χ2n) is 7.71. The first-order valence-corrected chi connectivity index (χ1v) is 11.1. The minimum absolute atomic E-state index is 0.0563. The van der Waals surface area contributed by atoms with Crippen LogP contribution in [0.15, 0.2) is 41.1 Å². The zero-order valence-corrected chi connectivity index (χ0v) is 17.3. The van der Waals surface area contributed by atoms with Gasteiger partial charge in [0.2, 0.25) is 0 Å². The number of thiophene rings is 1. The highest BCUT2D eigenvalue weighted by atomic mass is 32.1. The molecule has 1 aliphatic carbocycles. The maximum Gasteiger partial charge on any atom is 0.318 e. The average molecular weight is 400 g/mol. The Morgan fingerprint density at radius 3 is 2.82 bits per heavy atom. The Kier molecular flexibility index (Phi) is 6.17. The molecule has 1 saturated heterocycles. The molecule has 0 bridgehead atoms. The summed E-state index contributed by atoms with van der Waals surface area (Å²) >= 11 is 1.68. The maximum atomic E-state index is 13.0. The van der Waals surface area contributed by atoms with Crippen LogP contribution in [0.25, 0.3) is 0 Å². The highest BCUT2D eigenvalue weighted by Crippen LogP contribution is 2.30. The van der Waals surface area contributed by atoms with E-state index in [9.17, 15) is 4.79 Å². The lowest BCUT2D eigenvalue weighted by molar-refractivity contribution is 0.183. The molecule has 28 heavy (non-hydrogen) atoms. The van der Waals surface area contributed by atoms with E-state index in [4.69, 9.17) is 4.74 Å². The number of hydrogen-bond acceptors (Lipinski definition) is 4. The van der Waals surface area contributed by atoms with Crippen molar-refractivity contribution in [3.63, 3.8) is 0 Å². The Balaban J connectivity index is 1.44. The minimum atomic E-state index is 0.0563. The molecule has 0 radical (unpaired) electrons. The topological polar surface area (TPSA) is 44.8 Å². The first-order chi connectivity index (χ1) is 13.7. The van der Waals surface area contributed by atoms with Crippen molar-refractivity contribution in [3.05, 3.63) is 52.2 Å². The van der Waals surface area contributed by atoms with Gasteiger partial charge in [0, 0.05) is 19.1 Å². The van der Waals surface area contributed by atoms with Gasteiger partial charge >= 0.3 is 6.03 Å². The van der Waals surface area contributed by atoms with E-state index in [2.05, 4.69) is 39.2 Å². The van der Waals surface area contributed by atoms with Gasteiger partial charge in [0.05, 0.1) is 13.2 Å². The Bertz CT molecular complexity index is 770. The Labute approximate surface area is 171 Å². The molecule has 1 aromatic carbocycles. The van der Waals surface area contributed by atoms with E-state index in [0.29, 0.717) is 19.1 Å². The molecule has 150 valence electrons. The van der Waals surface area contributed by atoms with Gasteiger partial charge in [-0.3, -0.25) is 4.90 Å². The number of carbonyl (C=O) groups is 1. The highest BCUT2D eigenvalue weighted by Gasteiger charge is 2.33. The minimum Gasteiger partial charge on any atom is -0.497 e. The molecular weight excluding hydrogens is 370 g/mol. The molecule has 1 aromatic heterocycles. The molecule has 1 atom stereocenters. The van der Waals surface area contributed by atoms with Crippen molar-refractivity contribution >= 4 is 17.4 Å². The third-order valence-corrected chi connectivity index (χ3v) is 6.42. The Hall–Kier alpha value is -2.05. The molecule has 4 rings (SSSR count). The summed E-state index contributed by atoms with van der Waals surface area (Å²) in [5, 5.41) is 7.44. The summed E-state index contributed by atoms with van der Waals surface area (Å²) in [6.45, 7) is 3.49. The summed E-state index contributed by atoms with van der Waals surface area (Å²) in [5.41, 5.74) is 2.42. The van der Waals surface area contributed by atoms with E-state index in [1.165, 1.54) is 24.0 Å². The van der Waals surface area contributed by atoms with Crippen LogP contribution in [-0.4, -0.2) is 48.6 Å². The van der Waals surface area contributed by atoms with Gasteiger partial charge in [0.25, 0.3) is 0 Å². The molecule has 6 heteroatoms. The van der Waals surface area contributed by atoms with E-state index in [1.54, 1.807) is 18.4 Å². The van der Waals surface area contributed by atoms with E-state index in [0.717, 1.165) is 31.7 Å². The third kappa shape index (κ3) is 4.67. The number of urea groups is 1. The van der Waals surface area contributed by atoms with Gasteiger partial charge in [-0.05, 0) is 78.9 Å². The van der Waals surface area contributed by atoms with E-state index < -0.39 is 0 Å². The Morgan fingerprint density at radius 2 is 2.14 bits per heavy atom. The van der Waals surface area contributed by atoms with Crippen LogP contribution in [0.4, 0.5) is 4.79 Å². The molecule has 1 saturated carbocycles. The van der Waals surface area contributed by atoms with Gasteiger partial charge in [0.1, 0.15) is 5.75 Å². The fourth-order valence-corrected chi connectivity index (χ4v) is 4.64. The molecule has 2 aromatic rings. The van der Waals surface area contributed by atoms with Crippen molar-refractivity contribution in [2.24, 2.45) is 0 Å². The number of ether oxygens (including phenoxy) is 1. The molecule has 0 spiro atoms. The van der Waals surface area contributed by atoms with Gasteiger partial charge in [-0.15, -0.1) is 0 Å². The zero-order valence-electron chi connectivity index (χ0n) is 16.5. The Morgan fingerprint density at radius 1 is 1.32 bits per heavy atom. The molecule has 2 amide bonds. The van der Waals surface area contributed by atoms with Crippen LogP contribution >= 0.6 is 11.3 Å². The van der Waals surface area contributed by atoms with Crippen molar-refractivity contribution in [1.82, 2.24) is 15.1 Å². The van der Waals surface area contributed by atoms with Crippen LogP contribution in [0.1, 0.15) is 42.9 Å². The number of amides is 2. The third-order valence-electron chi connectivity index (χ3n) is 5.69. The van der Waals surface area contributed by atoms with Crippen molar-refractivity contribution in [2.45, 2.75) is 44.3 Å². The van der Waals surface area contributed by atoms with E-state index >= 15 is 0 Å². The van der Waals surface area contributed by atoms with E-state index in [-0.39, 0.29) is 12.1 Å². The van der Waals surface area contributed by atoms with Crippen LogP contribution in [0.2, 0.25) is 0 Å². The lowest BCUT2D eigenvalue weighted by Crippen LogP contribution is -2.44. The molecule has 1 N–H and O–H groups in total. The van der Waals surface area contributed by atoms with E-state index in [1.807, 2.05) is 17.0 Å². The predicted octanol–water partition coefficient (Wildman–Crippen LogP) is 4.27. The van der Waals surface area contributed by atoms with Crippen molar-refractivity contribution < 1.29 is 9.53 Å². The summed E-state index contributed by atoms with van der Waals surface area (Å²) in [6.07, 6.45) is 4.67. The maximum absolute atomic E-state index is 13.0. The average Bonchev–Trinajstić information content (AvgIpc) is 3.18. The lowest BCUT2D eigenvalue weighted by atomic mass is 10.1. The van der Waals surface area contributed by atoms with Gasteiger partial charge in [-0.2, -0.15) is 11.3 Å². The monoisotopic (exact) mass is 399 g/mol. The summed E-state index contributed by atoms with van der Waals surface area (Å²) in [6, 6.07) is 11.0. The number of nitrogens with one attached hydrogen (secondary N) is 1. The van der Waals surface area contributed by atoms with Crippen molar-refractivity contribution in [2.75, 3.05) is 26.7 Å². The smallest absolute Gasteiger partial charge is 0.318 e. The summed E-state index contributed by atoms with van der Waals surface area (Å²) in [5.74, 6) is 0.866. The summed E-state index contributed by atoms with van der Waals surface area (Å²) in [7, 11) is 1.70. The number of hydrogen-bond donors (Lipinski definition) is 1. The van der Waals surface area contributed by atoms with Crippen LogP contribution in [0.5, 0.6) is 5.75 Å². The van der Waals surface area contributed by atoms with Gasteiger partial charge in [0.15, 0.2) is 0 Å². The molecule has 0 unspecified atom stereocenters. The van der Waals surface area contributed by atoms with Gasteiger partial charge in [-0.1, -0.05) is 12.1 Å². The molecule has 5 nitrogen and oxygen atoms in total. The predicted molar refractivity (Wildman–Crippen MR) is 113 cm³/mol. The molecule has 2 aliphatic rings. The quantitative estimate of drug-likeness (QED) is 0.721. The standard InChI is InChI=1S/C22H29N3O2S/c1-27-20-6-4-5-18(13-20)21(24-10-2-3-11-24)14-23-22(26)25(19-7-8-19)15-17-9-12-28-16-17/h4-6,9,12-13,16,19,21H,2-3,7-8,10-11,14-15H2,1H3,(H,23,26)/t21-/m1/s1. The first kappa shape index (κ1) is 19.3. The first-order valence-electron chi connectivity index (χ1n) is 10.2. The largest absolute Gasteiger partial charge is 0.497 e. The second-order valence-corrected chi connectivity index (χ2v) is 8.49. The fraction of sp³-hybridized carbons (Fsp3) is 0.500. The van der Waals surface area contributed by atoms with Gasteiger partial charge in [-0.25, -0.2) is 4.79 Å². The highest BCUT2D eigenvalue weighted by molar-refractivity contribution is 7.07. The SMILES string of the molecule is COc1cccc([C@@H](CNC(=O)N(Cc2ccsc2)C2CC2)N2CCCC2)c1. The van der Waals surface area contributed by atoms with Crippen LogP contribution in [0, 0.1) is 0 Å². The summed E-state index contributed by atoms with van der Waals surface area (Å²) in [4.78, 5) is 17.5. The number of benzene rings is 1. The second kappa shape index (κ2) is 8.97. The molecular formula is C22H29N3O2S. The van der Waals surface area contributed by atoms with Crippen molar-refractivity contribution in [1.29, 1.82) is 0 Å². The molecule has 2 fully saturated rings.